The van der Waals surface area contributed by atoms with E-state index in [9.17, 15) is 4.79 Å². The van der Waals surface area contributed by atoms with Crippen LogP contribution in [0.5, 0.6) is 0 Å². The summed E-state index contributed by atoms with van der Waals surface area (Å²) in [4.78, 5) is 18.5. The Bertz CT molecular complexity index is 772. The molecule has 0 bridgehead atoms. The molecule has 0 spiro atoms. The predicted octanol–water partition coefficient (Wildman–Crippen LogP) is 0.372. The van der Waals surface area contributed by atoms with Crippen molar-refractivity contribution in [1.29, 1.82) is 0 Å². The molecule has 2 N–H and O–H groups in total. The molecule has 6 heteroatoms. The molecule has 0 atom stereocenters. The van der Waals surface area contributed by atoms with Crippen LogP contribution in [0.1, 0.15) is 11.4 Å². The fourth-order valence-corrected chi connectivity index (χ4v) is 1.86. The van der Waals surface area contributed by atoms with Gasteiger partial charge < -0.3 is 10.1 Å². The van der Waals surface area contributed by atoms with E-state index in [4.69, 9.17) is 5.11 Å². The molecule has 86 valence electrons. The maximum Gasteiger partial charge on any atom is 0.370 e. The average Bonchev–Trinajstić information content (AvgIpc) is 2.75. The number of nitrogens with zero attached hydrogens (tertiary/aromatic N) is 3. The van der Waals surface area contributed by atoms with E-state index in [0.717, 1.165) is 10.9 Å². The lowest BCUT2D eigenvalue weighted by Gasteiger charge is -1.99. The molecule has 3 aromatic rings. The number of aromatic amines is 1. The number of hydrogen-bond donors (Lipinski definition) is 2. The Morgan fingerprint density at radius 3 is 3.06 bits per heavy atom. The van der Waals surface area contributed by atoms with Crippen molar-refractivity contribution in [2.75, 3.05) is 0 Å². The fourth-order valence-electron chi connectivity index (χ4n) is 1.86. The van der Waals surface area contributed by atoms with Gasteiger partial charge in [-0.2, -0.15) is 9.50 Å². The van der Waals surface area contributed by atoms with E-state index in [1.807, 2.05) is 19.1 Å². The van der Waals surface area contributed by atoms with Crippen LogP contribution in [0.15, 0.2) is 23.0 Å². The Morgan fingerprint density at radius 1 is 1.47 bits per heavy atom. The van der Waals surface area contributed by atoms with Crippen LogP contribution in [0.4, 0.5) is 0 Å². The number of aromatic nitrogens is 4. The first kappa shape index (κ1) is 9.98. The minimum Gasteiger partial charge on any atom is -0.388 e. The number of fused-ring (bicyclic) bond motifs is 3. The number of hydrogen-bond acceptors (Lipinski definition) is 4. The summed E-state index contributed by atoms with van der Waals surface area (Å²) in [5.41, 5.74) is 1.80. The van der Waals surface area contributed by atoms with Crippen molar-refractivity contribution in [1.82, 2.24) is 19.6 Å². The highest BCUT2D eigenvalue weighted by Gasteiger charge is 2.09. The van der Waals surface area contributed by atoms with E-state index in [1.54, 1.807) is 6.07 Å². The standard InChI is InChI=1S/C11H10N4O2/c1-6-2-3-8-7(4-6)10-13-9(5-16)14-15(10)11(17)12-8/h2-4,16H,5H2,1H3,(H,13,14). The summed E-state index contributed by atoms with van der Waals surface area (Å²) in [5.74, 6) is 0.345. The molecule has 2 heterocycles. The second kappa shape index (κ2) is 3.39. The minimum atomic E-state index is -0.452. The molecule has 0 fully saturated rings. The molecule has 3 rings (SSSR count). The van der Waals surface area contributed by atoms with Gasteiger partial charge in [0.25, 0.3) is 0 Å². The maximum atomic E-state index is 11.7. The number of benzene rings is 1. The van der Waals surface area contributed by atoms with E-state index >= 15 is 0 Å². The SMILES string of the molecule is Cc1ccc2nc(=O)n3nc(CO)[nH]c3c2c1. The molecule has 17 heavy (non-hydrogen) atoms. The van der Waals surface area contributed by atoms with Crippen molar-refractivity contribution in [3.8, 4) is 0 Å². The van der Waals surface area contributed by atoms with Gasteiger partial charge in [0.15, 0.2) is 5.82 Å². The zero-order valence-corrected chi connectivity index (χ0v) is 9.14. The predicted molar refractivity (Wildman–Crippen MR) is 61.8 cm³/mol. The summed E-state index contributed by atoms with van der Waals surface area (Å²) < 4.78 is 1.17. The Hall–Kier alpha value is -2.21. The first-order chi connectivity index (χ1) is 8.19. The first-order valence-electron chi connectivity index (χ1n) is 5.18. The van der Waals surface area contributed by atoms with Crippen LogP contribution < -0.4 is 5.69 Å². The van der Waals surface area contributed by atoms with Crippen molar-refractivity contribution in [2.24, 2.45) is 0 Å². The van der Waals surface area contributed by atoms with Gasteiger partial charge >= 0.3 is 5.69 Å². The third-order valence-corrected chi connectivity index (χ3v) is 2.65. The van der Waals surface area contributed by atoms with E-state index < -0.39 is 5.69 Å². The highest BCUT2D eigenvalue weighted by Crippen LogP contribution is 2.16. The van der Waals surface area contributed by atoms with Crippen molar-refractivity contribution in [3.05, 3.63) is 40.1 Å². The van der Waals surface area contributed by atoms with Gasteiger partial charge in [-0.15, -0.1) is 5.10 Å². The molecule has 1 aromatic carbocycles. The van der Waals surface area contributed by atoms with Gasteiger partial charge in [0.05, 0.1) is 5.52 Å². The normalized spacial score (nSPS) is 11.4. The molecular formula is C11H10N4O2. The van der Waals surface area contributed by atoms with Crippen LogP contribution in [0.3, 0.4) is 0 Å². The van der Waals surface area contributed by atoms with Gasteiger partial charge in [-0.1, -0.05) is 11.6 Å². The second-order valence-electron chi connectivity index (χ2n) is 3.91. The fraction of sp³-hybridized carbons (Fsp3) is 0.182. The Morgan fingerprint density at radius 2 is 2.29 bits per heavy atom. The number of rotatable bonds is 1. The van der Waals surface area contributed by atoms with E-state index in [2.05, 4.69) is 15.1 Å². The molecule has 0 radical (unpaired) electrons. The highest BCUT2D eigenvalue weighted by atomic mass is 16.3. The lowest BCUT2D eigenvalue weighted by molar-refractivity contribution is 0.271. The Labute approximate surface area is 95.5 Å². The van der Waals surface area contributed by atoms with Gasteiger partial charge in [-0.25, -0.2) is 4.79 Å². The summed E-state index contributed by atoms with van der Waals surface area (Å²) in [7, 11) is 0. The van der Waals surface area contributed by atoms with Gasteiger partial charge in [0, 0.05) is 5.39 Å². The maximum absolute atomic E-state index is 11.7. The first-order valence-corrected chi connectivity index (χ1v) is 5.18. The van der Waals surface area contributed by atoms with E-state index in [1.165, 1.54) is 4.52 Å². The average molecular weight is 230 g/mol. The molecule has 0 aliphatic heterocycles. The number of nitrogens with one attached hydrogen (secondary N) is 1. The summed E-state index contributed by atoms with van der Waals surface area (Å²) in [6.07, 6.45) is 0. The summed E-state index contributed by atoms with van der Waals surface area (Å²) >= 11 is 0. The van der Waals surface area contributed by atoms with Crippen LogP contribution in [-0.4, -0.2) is 24.7 Å². The van der Waals surface area contributed by atoms with Gasteiger partial charge in [-0.05, 0) is 19.1 Å². The molecule has 6 nitrogen and oxygen atoms in total. The van der Waals surface area contributed by atoms with Crippen LogP contribution in [0, 0.1) is 6.92 Å². The largest absolute Gasteiger partial charge is 0.388 e. The van der Waals surface area contributed by atoms with Crippen molar-refractivity contribution in [2.45, 2.75) is 13.5 Å². The molecule has 0 saturated carbocycles. The number of aliphatic hydroxyl groups excluding tert-OH is 1. The quantitative estimate of drug-likeness (QED) is 0.632. The van der Waals surface area contributed by atoms with Crippen molar-refractivity contribution in [3.63, 3.8) is 0 Å². The lowest BCUT2D eigenvalue weighted by atomic mass is 10.2. The summed E-state index contributed by atoms with van der Waals surface area (Å²) in [6.45, 7) is 1.72. The van der Waals surface area contributed by atoms with Crippen LogP contribution >= 0.6 is 0 Å². The third-order valence-electron chi connectivity index (χ3n) is 2.65. The summed E-state index contributed by atoms with van der Waals surface area (Å²) in [5, 5.41) is 13.8. The minimum absolute atomic E-state index is 0.242. The smallest absolute Gasteiger partial charge is 0.370 e. The van der Waals surface area contributed by atoms with Crippen LogP contribution in [-0.2, 0) is 6.61 Å². The van der Waals surface area contributed by atoms with Crippen molar-refractivity contribution < 1.29 is 5.11 Å². The lowest BCUT2D eigenvalue weighted by Crippen LogP contribution is -2.17. The number of aryl methyl sites for hydroxylation is 1. The zero-order chi connectivity index (χ0) is 12.0. The van der Waals surface area contributed by atoms with Gasteiger partial charge in [0.2, 0.25) is 0 Å². The van der Waals surface area contributed by atoms with E-state index in [0.29, 0.717) is 17.0 Å². The molecule has 0 aliphatic carbocycles. The molecule has 0 unspecified atom stereocenters. The van der Waals surface area contributed by atoms with Gasteiger partial charge in [0.1, 0.15) is 12.3 Å². The van der Waals surface area contributed by atoms with Crippen molar-refractivity contribution >= 4 is 16.6 Å². The van der Waals surface area contributed by atoms with Gasteiger partial charge in [-0.3, -0.25) is 0 Å². The molecule has 0 saturated heterocycles. The highest BCUT2D eigenvalue weighted by molar-refractivity contribution is 5.91. The molecular weight excluding hydrogens is 220 g/mol. The second-order valence-corrected chi connectivity index (χ2v) is 3.91. The monoisotopic (exact) mass is 230 g/mol. The molecule has 0 aliphatic rings. The van der Waals surface area contributed by atoms with Crippen LogP contribution in [0.25, 0.3) is 16.6 Å². The Balaban J connectivity index is 2.56. The van der Waals surface area contributed by atoms with E-state index in [-0.39, 0.29) is 6.61 Å². The number of aliphatic hydroxyl groups is 1. The third kappa shape index (κ3) is 1.42. The summed E-state index contributed by atoms with van der Waals surface area (Å²) in [6, 6.07) is 5.62. The van der Waals surface area contributed by atoms with Crippen LogP contribution in [0.2, 0.25) is 0 Å². The topological polar surface area (TPSA) is 83.3 Å². The number of H-pyrrole nitrogens is 1. The zero-order valence-electron chi connectivity index (χ0n) is 9.14. The molecule has 0 amide bonds. The molecule has 2 aromatic heterocycles. The Kier molecular flexibility index (Phi) is 1.99.